The van der Waals surface area contributed by atoms with Crippen LogP contribution >= 0.6 is 0 Å². The molecule has 3 aromatic rings. The number of carboxylic acid groups (broad SMARTS) is 1. The quantitative estimate of drug-likeness (QED) is 0.547. The summed E-state index contributed by atoms with van der Waals surface area (Å²) in [6.07, 6.45) is -0.307. The molecule has 0 amide bonds. The fourth-order valence-corrected chi connectivity index (χ4v) is 3.02. The Hall–Kier alpha value is -3.74. The number of nitrogens with two attached hydrogens (primary N) is 1. The van der Waals surface area contributed by atoms with E-state index < -0.39 is 0 Å². The molecule has 0 saturated carbocycles. The third-order valence-electron chi connectivity index (χ3n) is 4.38. The van der Waals surface area contributed by atoms with E-state index in [9.17, 15) is 0 Å². The van der Waals surface area contributed by atoms with Gasteiger partial charge in [0.05, 0.1) is 39.9 Å². The minimum Gasteiger partial charge on any atom is -0.493 e. The van der Waals surface area contributed by atoms with Crippen molar-refractivity contribution >= 4 is 29.1 Å². The highest BCUT2D eigenvalue weighted by molar-refractivity contribution is 5.91. The summed E-state index contributed by atoms with van der Waals surface area (Å²) in [7, 11) is 4.87. The molecule has 1 aliphatic heterocycles. The predicted octanol–water partition coefficient (Wildman–Crippen LogP) is 0.0314. The van der Waals surface area contributed by atoms with Gasteiger partial charge < -0.3 is 30.0 Å². The molecule has 1 aliphatic rings. The molecular formula is C17H22N8O5. The zero-order chi connectivity index (χ0) is 21.7. The molecule has 13 heteroatoms. The topological polar surface area (TPSA) is 164 Å². The Balaban J connectivity index is 0.000000806. The van der Waals surface area contributed by atoms with Gasteiger partial charge in [0.15, 0.2) is 11.5 Å². The Bertz CT molecular complexity index is 1030. The van der Waals surface area contributed by atoms with E-state index in [4.69, 9.17) is 29.8 Å². The fourth-order valence-electron chi connectivity index (χ4n) is 3.02. The van der Waals surface area contributed by atoms with Crippen LogP contribution in [-0.4, -0.2) is 75.7 Å². The number of hydrogen-bond donors (Lipinski definition) is 2. The van der Waals surface area contributed by atoms with E-state index in [-0.39, 0.29) is 12.6 Å². The van der Waals surface area contributed by atoms with Crippen molar-refractivity contribution in [3.05, 3.63) is 18.0 Å². The van der Waals surface area contributed by atoms with Crippen LogP contribution in [0.5, 0.6) is 11.5 Å². The van der Waals surface area contributed by atoms with Crippen molar-refractivity contribution in [1.29, 1.82) is 0 Å². The van der Waals surface area contributed by atoms with Crippen LogP contribution in [0.25, 0.3) is 10.9 Å². The van der Waals surface area contributed by atoms with Crippen LogP contribution in [0.15, 0.2) is 12.1 Å². The summed E-state index contributed by atoms with van der Waals surface area (Å²) in [5.74, 6) is 2.58. The second-order valence-electron chi connectivity index (χ2n) is 6.18. The van der Waals surface area contributed by atoms with Gasteiger partial charge in [0.1, 0.15) is 11.9 Å². The number of rotatable bonds is 4. The molecule has 13 nitrogen and oxygen atoms in total. The van der Waals surface area contributed by atoms with E-state index in [1.165, 1.54) is 4.80 Å². The minimum absolute atomic E-state index is 0.250. The van der Waals surface area contributed by atoms with Gasteiger partial charge in [-0.1, -0.05) is 0 Å². The summed E-state index contributed by atoms with van der Waals surface area (Å²) in [6, 6.07) is 3.57. The van der Waals surface area contributed by atoms with Gasteiger partial charge in [0, 0.05) is 18.0 Å². The Morgan fingerprint density at radius 2 is 1.97 bits per heavy atom. The number of aryl methyl sites for hydroxylation is 1. The molecule has 1 saturated heterocycles. The molecular weight excluding hydrogens is 396 g/mol. The lowest BCUT2D eigenvalue weighted by atomic mass is 10.2. The lowest BCUT2D eigenvalue weighted by Crippen LogP contribution is -2.39. The van der Waals surface area contributed by atoms with Gasteiger partial charge in [-0.3, -0.25) is 4.79 Å². The molecule has 0 bridgehead atoms. The molecule has 1 unspecified atom stereocenters. The number of aromatic nitrogens is 6. The van der Waals surface area contributed by atoms with Crippen molar-refractivity contribution in [1.82, 2.24) is 30.2 Å². The number of nitrogens with zero attached hydrogens (tertiary/aromatic N) is 7. The zero-order valence-corrected chi connectivity index (χ0v) is 16.7. The summed E-state index contributed by atoms with van der Waals surface area (Å²) < 4.78 is 16.5. The number of nitrogen functional groups attached to an aromatic ring is 1. The molecule has 0 radical (unpaired) electrons. The lowest BCUT2D eigenvalue weighted by molar-refractivity contribution is -0.122. The van der Waals surface area contributed by atoms with E-state index in [1.807, 2.05) is 4.90 Å². The standard InChI is InChI=1S/C16H20N8O3.CH2O2/c1-23-21-15(20-22-23)13-8-24(4-5-27-13)16-18-10-7-12(26-3)11(25-2)6-9(10)14(17)19-16;2-1-3/h6-7,13H,4-5,8H2,1-3H3,(H2,17,18,19);1H,(H,2,3). The molecule has 1 fully saturated rings. The fraction of sp³-hybridized carbons (Fsp3) is 0.412. The minimum atomic E-state index is -0.307. The SMILES string of the molecule is COc1cc2nc(N3CCOC(c4nnn(C)n4)C3)nc(N)c2cc1OC.O=CO. The van der Waals surface area contributed by atoms with E-state index in [0.29, 0.717) is 59.7 Å². The Morgan fingerprint density at radius 1 is 1.27 bits per heavy atom. The maximum atomic E-state index is 8.36. The van der Waals surface area contributed by atoms with Crippen LogP contribution < -0.4 is 20.1 Å². The van der Waals surface area contributed by atoms with Gasteiger partial charge in [-0.15, -0.1) is 10.2 Å². The molecule has 0 aliphatic carbocycles. The number of carbonyl (C=O) groups is 1. The maximum Gasteiger partial charge on any atom is 0.290 e. The van der Waals surface area contributed by atoms with Crippen LogP contribution in [0.1, 0.15) is 11.9 Å². The summed E-state index contributed by atoms with van der Waals surface area (Å²) in [5.41, 5.74) is 6.86. The molecule has 4 rings (SSSR count). The molecule has 3 heterocycles. The number of tetrazole rings is 1. The number of methoxy groups -OCH3 is 2. The molecule has 3 N–H and O–H groups in total. The van der Waals surface area contributed by atoms with E-state index in [0.717, 1.165) is 0 Å². The number of morpholine rings is 1. The van der Waals surface area contributed by atoms with E-state index >= 15 is 0 Å². The number of ether oxygens (including phenoxy) is 3. The maximum absolute atomic E-state index is 8.36. The smallest absolute Gasteiger partial charge is 0.290 e. The average molecular weight is 418 g/mol. The Labute approximate surface area is 171 Å². The van der Waals surface area contributed by atoms with E-state index in [1.54, 1.807) is 33.4 Å². The van der Waals surface area contributed by atoms with Crippen molar-refractivity contribution < 1.29 is 24.1 Å². The van der Waals surface area contributed by atoms with Crippen molar-refractivity contribution in [2.75, 3.05) is 44.5 Å². The van der Waals surface area contributed by atoms with Gasteiger partial charge in [-0.2, -0.15) is 9.78 Å². The van der Waals surface area contributed by atoms with E-state index in [2.05, 4.69) is 25.4 Å². The van der Waals surface area contributed by atoms with Crippen LogP contribution in [0.3, 0.4) is 0 Å². The first kappa shape index (κ1) is 21.0. The summed E-state index contributed by atoms with van der Waals surface area (Å²) in [6.45, 7) is 1.38. The normalized spacial score (nSPS) is 16.0. The van der Waals surface area contributed by atoms with Crippen molar-refractivity contribution in [3.63, 3.8) is 0 Å². The van der Waals surface area contributed by atoms with Gasteiger partial charge in [-0.05, 0) is 11.3 Å². The molecule has 1 aromatic carbocycles. The first-order valence-corrected chi connectivity index (χ1v) is 8.88. The molecule has 2 aromatic heterocycles. The van der Waals surface area contributed by atoms with Crippen LogP contribution in [0.4, 0.5) is 11.8 Å². The second-order valence-corrected chi connectivity index (χ2v) is 6.18. The van der Waals surface area contributed by atoms with Gasteiger partial charge in [0.2, 0.25) is 11.8 Å². The monoisotopic (exact) mass is 418 g/mol. The predicted molar refractivity (Wildman–Crippen MR) is 105 cm³/mol. The van der Waals surface area contributed by atoms with Crippen LogP contribution in [0, 0.1) is 0 Å². The number of anilines is 2. The highest BCUT2D eigenvalue weighted by Gasteiger charge is 2.27. The van der Waals surface area contributed by atoms with Gasteiger partial charge in [0.25, 0.3) is 6.47 Å². The van der Waals surface area contributed by atoms with Crippen molar-refractivity contribution in [2.45, 2.75) is 6.10 Å². The zero-order valence-electron chi connectivity index (χ0n) is 16.7. The van der Waals surface area contributed by atoms with Crippen molar-refractivity contribution in [2.24, 2.45) is 7.05 Å². The number of fused-ring (bicyclic) bond motifs is 1. The summed E-state index contributed by atoms with van der Waals surface area (Å²) in [5, 5.41) is 19.7. The second kappa shape index (κ2) is 9.17. The summed E-state index contributed by atoms with van der Waals surface area (Å²) >= 11 is 0. The van der Waals surface area contributed by atoms with Crippen LogP contribution in [0.2, 0.25) is 0 Å². The van der Waals surface area contributed by atoms with Crippen molar-refractivity contribution in [3.8, 4) is 11.5 Å². The largest absolute Gasteiger partial charge is 0.493 e. The first-order valence-electron chi connectivity index (χ1n) is 8.88. The lowest BCUT2D eigenvalue weighted by Gasteiger charge is -2.31. The highest BCUT2D eigenvalue weighted by atomic mass is 16.5. The molecule has 1 atom stereocenters. The Morgan fingerprint density at radius 3 is 2.60 bits per heavy atom. The molecule has 0 spiro atoms. The third-order valence-corrected chi connectivity index (χ3v) is 4.38. The van der Waals surface area contributed by atoms with Crippen LogP contribution in [-0.2, 0) is 16.6 Å². The molecule has 160 valence electrons. The summed E-state index contributed by atoms with van der Waals surface area (Å²) in [4.78, 5) is 20.9. The Kier molecular flexibility index (Phi) is 6.41. The number of benzene rings is 1. The first-order chi connectivity index (χ1) is 14.5. The highest BCUT2D eigenvalue weighted by Crippen LogP contribution is 2.34. The van der Waals surface area contributed by atoms with Gasteiger partial charge in [-0.25, -0.2) is 4.98 Å². The number of hydrogen-bond acceptors (Lipinski definition) is 11. The average Bonchev–Trinajstić information content (AvgIpc) is 3.20. The molecule has 30 heavy (non-hydrogen) atoms. The third kappa shape index (κ3) is 4.30. The van der Waals surface area contributed by atoms with Gasteiger partial charge >= 0.3 is 0 Å².